The summed E-state index contributed by atoms with van der Waals surface area (Å²) in [6, 6.07) is 9.89. The van der Waals surface area contributed by atoms with Crippen molar-refractivity contribution in [2.75, 3.05) is 7.15 Å². The number of nitrogens with one attached hydrogen (secondary N) is 2. The zero-order valence-electron chi connectivity index (χ0n) is 13.5. The third-order valence-electron chi connectivity index (χ3n) is 2.72. The third kappa shape index (κ3) is 5.90. The molecule has 1 radical (unpaired) electrons. The van der Waals surface area contributed by atoms with Crippen molar-refractivity contribution in [3.05, 3.63) is 59.6 Å². The van der Waals surface area contributed by atoms with Crippen LogP contribution in [-0.4, -0.2) is 34.7 Å². The maximum atomic E-state index is 9.96. The molecule has 4 aromatic rings. The van der Waals surface area contributed by atoms with Crippen LogP contribution in [0, 0.1) is 0 Å². The number of halogens is 2. The summed E-state index contributed by atoms with van der Waals surface area (Å²) in [7, 11) is 3.34. The van der Waals surface area contributed by atoms with E-state index in [-0.39, 0.29) is 0 Å². The fraction of sp³-hybridized carbons (Fsp3) is 0.0667. The summed E-state index contributed by atoms with van der Waals surface area (Å²) in [5.41, 5.74) is 1.88. The van der Waals surface area contributed by atoms with E-state index in [1.54, 1.807) is 12.4 Å². The van der Waals surface area contributed by atoms with Crippen LogP contribution >= 0.6 is 28.7 Å². The normalized spacial score (nSPS) is 9.50. The first kappa shape index (κ1) is 18.3. The van der Waals surface area contributed by atoms with Crippen LogP contribution in [0.25, 0.3) is 22.1 Å². The number of thiol groups is 1. The van der Waals surface area contributed by atoms with Gasteiger partial charge in [0, 0.05) is 40.0 Å². The van der Waals surface area contributed by atoms with Crippen molar-refractivity contribution in [2.45, 2.75) is 0 Å². The molecule has 4 heterocycles. The fourth-order valence-electron chi connectivity index (χ4n) is 1.81. The Morgan fingerprint density at radius 2 is 1.83 bits per heavy atom. The molecular weight excluding hydrogens is 392 g/mol. The van der Waals surface area contributed by atoms with Crippen LogP contribution < -0.4 is 0 Å². The van der Waals surface area contributed by atoms with Crippen LogP contribution in [0.2, 0.25) is 0 Å². The summed E-state index contributed by atoms with van der Waals surface area (Å²) in [4.78, 5) is 14.2. The Hall–Kier alpha value is -2.00. The number of rotatable bonds is 0. The summed E-state index contributed by atoms with van der Waals surface area (Å²) >= 11 is 6.59. The van der Waals surface area contributed by atoms with Gasteiger partial charge in [0.05, 0.1) is 8.52 Å². The first-order valence-electron chi connectivity index (χ1n) is 7.23. The van der Waals surface area contributed by atoms with Crippen molar-refractivity contribution in [3.8, 4) is 0 Å². The molecule has 123 valence electrons. The molecule has 0 aliphatic rings. The Bertz CT molecular complexity index is 858. The minimum atomic E-state index is -1.00. The Morgan fingerprint density at radius 1 is 1.21 bits per heavy atom. The largest absolute Gasteiger partial charge is 0.346 e. The average Bonchev–Trinajstić information content (AvgIpc) is 3.24. The van der Waals surface area contributed by atoms with Crippen molar-refractivity contribution in [1.82, 2.24) is 19.9 Å². The van der Waals surface area contributed by atoms with Gasteiger partial charge in [-0.2, -0.15) is 0 Å². The first-order chi connectivity index (χ1) is 12.2. The van der Waals surface area contributed by atoms with Gasteiger partial charge >= 0.3 is 24.8 Å². The Labute approximate surface area is 155 Å². The maximum Gasteiger partial charge on any atom is 0.137 e. The monoisotopic (exact) mass is 407 g/mol. The third-order valence-corrected chi connectivity index (χ3v) is 3.38. The van der Waals surface area contributed by atoms with Crippen LogP contribution in [-0.2, 0) is 0 Å². The topological polar surface area (TPSA) is 69.7 Å². The molecule has 0 aliphatic heterocycles. The number of pyridine rings is 2. The molecule has 0 unspecified atom stereocenters. The molecular formula is C15H15BBrFN5S. The van der Waals surface area contributed by atoms with E-state index < -0.39 is 7.15 Å². The number of fused-ring (bicyclic) bond motifs is 2. The summed E-state index contributed by atoms with van der Waals surface area (Å²) in [6.45, 7) is 0. The van der Waals surface area contributed by atoms with Crippen molar-refractivity contribution in [3.63, 3.8) is 0 Å². The first-order valence-corrected chi connectivity index (χ1v) is 7.72. The van der Waals surface area contributed by atoms with Gasteiger partial charge in [0.2, 0.25) is 0 Å². The van der Waals surface area contributed by atoms with Gasteiger partial charge in [-0.15, -0.1) is 0 Å². The molecule has 0 aliphatic carbocycles. The predicted molar refractivity (Wildman–Crippen MR) is 104 cm³/mol. The van der Waals surface area contributed by atoms with Gasteiger partial charge in [-0.3, -0.25) is 4.39 Å². The Balaban J connectivity index is 0.000000193. The second-order valence-corrected chi connectivity index (χ2v) is 5.16. The van der Waals surface area contributed by atoms with Gasteiger partial charge in [-0.1, -0.05) is 0 Å². The summed E-state index contributed by atoms with van der Waals surface area (Å²) in [5, 5.41) is 2.29. The van der Waals surface area contributed by atoms with E-state index in [9.17, 15) is 4.39 Å². The number of hydrogen-bond acceptors (Lipinski definition) is 4. The van der Waals surface area contributed by atoms with E-state index in [2.05, 4.69) is 60.6 Å². The smallest absolute Gasteiger partial charge is 0.137 e. The number of hydrogen-bond donors (Lipinski definition) is 3. The zero-order valence-corrected chi connectivity index (χ0v) is 15.0. The minimum absolute atomic E-state index is 0.925. The number of nitrogens with zero attached hydrogens (tertiary/aromatic N) is 3. The molecule has 4 rings (SSSR count). The fourth-order valence-corrected chi connectivity index (χ4v) is 2.24. The van der Waals surface area contributed by atoms with Crippen LogP contribution in [0.4, 0.5) is 4.39 Å². The molecule has 5 nitrogen and oxygen atoms in total. The van der Waals surface area contributed by atoms with E-state index >= 15 is 0 Å². The van der Waals surface area contributed by atoms with Crippen molar-refractivity contribution in [1.29, 1.82) is 0 Å². The van der Waals surface area contributed by atoms with Gasteiger partial charge < -0.3 is 9.97 Å². The number of aromatic nitrogens is 4. The van der Waals surface area contributed by atoms with E-state index in [4.69, 9.17) is 1.37 Å². The minimum Gasteiger partial charge on any atom is -0.346 e. The van der Waals surface area contributed by atoms with Crippen LogP contribution in [0.3, 0.4) is 0 Å². The van der Waals surface area contributed by atoms with Gasteiger partial charge in [-0.25, -0.2) is 9.97 Å². The molecule has 0 atom stereocenters. The van der Waals surface area contributed by atoms with Gasteiger partial charge in [-0.05, 0) is 46.3 Å². The predicted octanol–water partition coefficient (Wildman–Crippen LogP) is 4.66. The Kier molecular flexibility index (Phi) is 8.81. The maximum absolute atomic E-state index is 9.96. The van der Waals surface area contributed by atoms with E-state index in [0.717, 1.165) is 26.5 Å². The quantitative estimate of drug-likeness (QED) is 0.293. The average molecular weight is 408 g/mol. The molecule has 0 amide bonds. The van der Waals surface area contributed by atoms with Crippen LogP contribution in [0.15, 0.2) is 63.9 Å². The van der Waals surface area contributed by atoms with Crippen LogP contribution in [0.1, 0.15) is 1.37 Å². The second-order valence-electron chi connectivity index (χ2n) is 4.07. The van der Waals surface area contributed by atoms with E-state index in [0.29, 0.717) is 0 Å². The van der Waals surface area contributed by atoms with Crippen molar-refractivity contribution >= 4 is 58.5 Å². The molecule has 4 aromatic heterocycles. The summed E-state index contributed by atoms with van der Waals surface area (Å²) in [6.07, 6.45) is 7.32. The van der Waals surface area contributed by atoms with Crippen molar-refractivity contribution < 1.29 is 5.76 Å². The van der Waals surface area contributed by atoms with Crippen molar-refractivity contribution in [2.24, 2.45) is 4.30 Å². The molecule has 0 aromatic carbocycles. The van der Waals surface area contributed by atoms with Gasteiger partial charge in [0.25, 0.3) is 0 Å². The Morgan fingerprint density at radius 3 is 2.46 bits per heavy atom. The second kappa shape index (κ2) is 11.5. The molecule has 0 saturated carbocycles. The van der Waals surface area contributed by atoms with Gasteiger partial charge in [0.15, 0.2) is 0 Å². The molecule has 24 heavy (non-hydrogen) atoms. The number of aromatic amines is 2. The van der Waals surface area contributed by atoms with E-state index in [1.165, 1.54) is 0 Å². The molecule has 2 N–H and O–H groups in total. The number of H-pyrrole nitrogens is 2. The summed E-state index contributed by atoms with van der Waals surface area (Å²) in [5.74, 6) is 0. The molecule has 9 heteroatoms. The standard InChI is InChI=1S/C7H5BrN2.C7H6N2.CH3F.BHNS/c8-6-4-10-7-5(6)2-1-3-9-7;1-2-6-3-5-9-7(6)8-4-1;1-2;1-2-3/h1-4H,(H,9,10);1-5H,(H,8,9);1H3;3H/i;;1D;. The summed E-state index contributed by atoms with van der Waals surface area (Å²) < 4.78 is 19.3. The van der Waals surface area contributed by atoms with Crippen LogP contribution in [0.5, 0.6) is 0 Å². The zero-order chi connectivity index (χ0) is 18.5. The molecule has 0 spiro atoms. The molecule has 0 saturated heterocycles. The van der Waals surface area contributed by atoms with Gasteiger partial charge in [0.1, 0.15) is 11.3 Å². The SMILES string of the molecule is Brc1c[nH]c2ncccc12.[2H]CF.[B]=NS.c1cnc2[nH]ccc2c1. The number of alkyl halides is 1. The molecule has 0 bridgehead atoms. The van der Waals surface area contributed by atoms with E-state index in [1.807, 2.05) is 42.7 Å². The molecule has 0 fully saturated rings.